The van der Waals surface area contributed by atoms with Gasteiger partial charge in [0.2, 0.25) is 0 Å². The van der Waals surface area contributed by atoms with Crippen molar-refractivity contribution >= 4 is 16.7 Å². The van der Waals surface area contributed by atoms with E-state index < -0.39 is 17.1 Å². The lowest BCUT2D eigenvalue weighted by molar-refractivity contribution is 0.219. The van der Waals surface area contributed by atoms with Crippen LogP contribution < -0.4 is 4.72 Å². The van der Waals surface area contributed by atoms with Crippen molar-refractivity contribution in [1.82, 2.24) is 0 Å². The highest BCUT2D eigenvalue weighted by molar-refractivity contribution is 7.85. The maximum Gasteiger partial charge on any atom is 0.113 e. The molecule has 0 radical (unpaired) electrons. The topological polar surface area (TPSA) is 49.3 Å². The number of aliphatic hydroxyl groups excluding tert-OH is 1. The summed E-state index contributed by atoms with van der Waals surface area (Å²) in [6, 6.07) is 13.4. The largest absolute Gasteiger partial charge is 0.384 e. The average molecular weight is 289 g/mol. The minimum absolute atomic E-state index is 0.678. The van der Waals surface area contributed by atoms with E-state index in [4.69, 9.17) is 0 Å². The van der Waals surface area contributed by atoms with Gasteiger partial charge >= 0.3 is 0 Å². The molecule has 3 nitrogen and oxygen atoms in total. The van der Waals surface area contributed by atoms with Crippen molar-refractivity contribution in [3.05, 3.63) is 64.7 Å². The van der Waals surface area contributed by atoms with E-state index in [2.05, 4.69) is 10.8 Å². The maximum atomic E-state index is 11.2. The summed E-state index contributed by atoms with van der Waals surface area (Å²) in [4.78, 5) is 0. The molecule has 2 unspecified atom stereocenters. The number of hydrogen-bond donors (Lipinski definition) is 2. The van der Waals surface area contributed by atoms with E-state index in [9.17, 15) is 9.32 Å². The molecule has 0 spiro atoms. The average Bonchev–Trinajstić information content (AvgIpc) is 2.37. The molecule has 4 heteroatoms. The molecule has 0 aliphatic heterocycles. The lowest BCUT2D eigenvalue weighted by Crippen LogP contribution is -2.05. The molecule has 20 heavy (non-hydrogen) atoms. The van der Waals surface area contributed by atoms with Crippen LogP contribution in [-0.4, -0.2) is 15.6 Å². The van der Waals surface area contributed by atoms with Gasteiger partial charge in [-0.05, 0) is 42.7 Å². The van der Waals surface area contributed by atoms with E-state index in [1.807, 2.05) is 50.2 Å². The Morgan fingerprint density at radius 3 is 2.55 bits per heavy atom. The zero-order valence-corrected chi connectivity index (χ0v) is 12.7. The maximum absolute atomic E-state index is 11.2. The molecule has 0 bridgehead atoms. The smallest absolute Gasteiger partial charge is 0.113 e. The SMILES string of the molecule is Cc1ccc(C(O)c2cccc(NS(C)=O)c2)c(C)c1. The quantitative estimate of drug-likeness (QED) is 0.908. The van der Waals surface area contributed by atoms with E-state index in [0.29, 0.717) is 0 Å². The molecule has 0 saturated carbocycles. The van der Waals surface area contributed by atoms with Crippen LogP contribution in [0.2, 0.25) is 0 Å². The van der Waals surface area contributed by atoms with Gasteiger partial charge in [-0.3, -0.25) is 0 Å². The zero-order valence-electron chi connectivity index (χ0n) is 11.9. The Kier molecular flexibility index (Phi) is 4.57. The number of aliphatic hydroxyl groups is 1. The summed E-state index contributed by atoms with van der Waals surface area (Å²) >= 11 is 0. The predicted molar refractivity (Wildman–Crippen MR) is 84.1 cm³/mol. The normalized spacial score (nSPS) is 13.8. The summed E-state index contributed by atoms with van der Waals surface area (Å²) in [5.74, 6) is 0. The van der Waals surface area contributed by atoms with Crippen LogP contribution in [0.15, 0.2) is 42.5 Å². The van der Waals surface area contributed by atoms with Crippen molar-refractivity contribution in [1.29, 1.82) is 0 Å². The second-order valence-corrected chi connectivity index (χ2v) is 6.06. The van der Waals surface area contributed by atoms with Crippen LogP contribution in [0.4, 0.5) is 5.69 Å². The van der Waals surface area contributed by atoms with Crippen molar-refractivity contribution in [2.45, 2.75) is 20.0 Å². The first-order chi connectivity index (χ1) is 9.47. The Labute approximate surface area is 122 Å². The summed E-state index contributed by atoms with van der Waals surface area (Å²) in [7, 11) is -1.12. The molecule has 2 aromatic rings. The van der Waals surface area contributed by atoms with E-state index in [0.717, 1.165) is 22.4 Å². The third-order valence-electron chi connectivity index (χ3n) is 3.18. The Bertz CT molecular complexity index is 640. The molecular weight excluding hydrogens is 270 g/mol. The Balaban J connectivity index is 2.32. The van der Waals surface area contributed by atoms with Gasteiger partial charge < -0.3 is 9.83 Å². The third kappa shape index (κ3) is 3.46. The highest BCUT2D eigenvalue weighted by Crippen LogP contribution is 2.27. The number of hydrogen-bond acceptors (Lipinski definition) is 2. The third-order valence-corrected chi connectivity index (χ3v) is 3.71. The zero-order chi connectivity index (χ0) is 14.7. The van der Waals surface area contributed by atoms with Crippen molar-refractivity contribution in [2.75, 3.05) is 11.0 Å². The fourth-order valence-electron chi connectivity index (χ4n) is 2.25. The number of anilines is 1. The lowest BCUT2D eigenvalue weighted by atomic mass is 9.96. The minimum atomic E-state index is -1.12. The number of rotatable bonds is 4. The Morgan fingerprint density at radius 2 is 1.90 bits per heavy atom. The van der Waals surface area contributed by atoms with Crippen LogP contribution in [0.25, 0.3) is 0 Å². The van der Waals surface area contributed by atoms with Crippen LogP contribution in [0.3, 0.4) is 0 Å². The second-order valence-electron chi connectivity index (χ2n) is 4.94. The Morgan fingerprint density at radius 1 is 1.15 bits per heavy atom. The van der Waals surface area contributed by atoms with Crippen molar-refractivity contribution in [3.8, 4) is 0 Å². The first-order valence-electron chi connectivity index (χ1n) is 6.42. The highest BCUT2D eigenvalue weighted by Gasteiger charge is 2.13. The molecule has 2 aromatic carbocycles. The molecule has 0 amide bonds. The van der Waals surface area contributed by atoms with E-state index in [1.165, 1.54) is 5.56 Å². The van der Waals surface area contributed by atoms with Gasteiger partial charge in [0.1, 0.15) is 17.1 Å². The fourth-order valence-corrected chi connectivity index (χ4v) is 2.71. The summed E-state index contributed by atoms with van der Waals surface area (Å²) < 4.78 is 14.0. The van der Waals surface area contributed by atoms with Gasteiger partial charge in [-0.15, -0.1) is 0 Å². The molecule has 0 aliphatic rings. The summed E-state index contributed by atoms with van der Waals surface area (Å²) in [6.07, 6.45) is 0.899. The van der Waals surface area contributed by atoms with Crippen LogP contribution in [0.5, 0.6) is 0 Å². The van der Waals surface area contributed by atoms with E-state index in [-0.39, 0.29) is 0 Å². The minimum Gasteiger partial charge on any atom is -0.384 e. The molecular formula is C16H19NO2S. The van der Waals surface area contributed by atoms with Gasteiger partial charge in [0.25, 0.3) is 0 Å². The van der Waals surface area contributed by atoms with E-state index in [1.54, 1.807) is 6.26 Å². The molecule has 2 atom stereocenters. The highest BCUT2D eigenvalue weighted by atomic mass is 32.2. The van der Waals surface area contributed by atoms with E-state index >= 15 is 0 Å². The summed E-state index contributed by atoms with van der Waals surface area (Å²) in [6.45, 7) is 4.03. The van der Waals surface area contributed by atoms with Gasteiger partial charge in [-0.2, -0.15) is 0 Å². The van der Waals surface area contributed by atoms with Crippen molar-refractivity contribution in [3.63, 3.8) is 0 Å². The molecule has 0 saturated heterocycles. The van der Waals surface area contributed by atoms with Gasteiger partial charge in [0.15, 0.2) is 0 Å². The number of aryl methyl sites for hydroxylation is 2. The predicted octanol–water partition coefficient (Wildman–Crippen LogP) is 3.09. The van der Waals surface area contributed by atoms with Crippen LogP contribution in [0, 0.1) is 13.8 Å². The van der Waals surface area contributed by atoms with Crippen LogP contribution >= 0.6 is 0 Å². The van der Waals surface area contributed by atoms with Gasteiger partial charge in [0.05, 0.1) is 0 Å². The summed E-state index contributed by atoms with van der Waals surface area (Å²) in [5, 5.41) is 10.5. The molecule has 0 heterocycles. The first kappa shape index (κ1) is 14.8. The fraction of sp³-hybridized carbons (Fsp3) is 0.250. The van der Waals surface area contributed by atoms with Gasteiger partial charge in [-0.1, -0.05) is 35.9 Å². The Hall–Kier alpha value is -1.65. The molecule has 2 rings (SSSR count). The van der Waals surface area contributed by atoms with Crippen molar-refractivity contribution in [2.24, 2.45) is 0 Å². The standard InChI is InChI=1S/C16H19NO2S/c1-11-7-8-15(12(2)9-11)16(18)13-5-4-6-14(10-13)17-20(3)19/h4-10,16-18H,1-3H3. The number of nitrogens with one attached hydrogen (secondary N) is 1. The van der Waals surface area contributed by atoms with Crippen LogP contribution in [0.1, 0.15) is 28.4 Å². The first-order valence-corrected chi connectivity index (χ1v) is 7.98. The van der Waals surface area contributed by atoms with Gasteiger partial charge in [0, 0.05) is 11.9 Å². The molecule has 106 valence electrons. The van der Waals surface area contributed by atoms with Gasteiger partial charge in [-0.25, -0.2) is 4.21 Å². The summed E-state index contributed by atoms with van der Waals surface area (Å²) in [5.41, 5.74) is 4.66. The monoisotopic (exact) mass is 289 g/mol. The molecule has 0 fully saturated rings. The van der Waals surface area contributed by atoms with Crippen LogP contribution in [-0.2, 0) is 11.0 Å². The lowest BCUT2D eigenvalue weighted by Gasteiger charge is -2.16. The second kappa shape index (κ2) is 6.20. The molecule has 0 aliphatic carbocycles. The number of benzene rings is 2. The molecule has 0 aromatic heterocycles. The molecule has 2 N–H and O–H groups in total. The van der Waals surface area contributed by atoms with Crippen molar-refractivity contribution < 1.29 is 9.32 Å².